The number of esters is 1. The van der Waals surface area contributed by atoms with Gasteiger partial charge < -0.3 is 4.74 Å². The number of hydrogen-bond donors (Lipinski definition) is 0. The molecule has 0 aliphatic carbocycles. The van der Waals surface area contributed by atoms with Gasteiger partial charge in [0.05, 0.1) is 0 Å². The van der Waals surface area contributed by atoms with Crippen molar-refractivity contribution in [1.29, 1.82) is 0 Å². The molecule has 3 rings (SSSR count). The van der Waals surface area contributed by atoms with Crippen molar-refractivity contribution in [2.75, 3.05) is 0 Å². The predicted molar refractivity (Wildman–Crippen MR) is 69.7 cm³/mol. The minimum atomic E-state index is -0.290. The molecule has 0 radical (unpaired) electrons. The normalized spacial score (nSPS) is 18.3. The van der Waals surface area contributed by atoms with E-state index in [4.69, 9.17) is 4.74 Å². The highest BCUT2D eigenvalue weighted by molar-refractivity contribution is 5.91. The maximum atomic E-state index is 11.9. The van der Waals surface area contributed by atoms with E-state index in [9.17, 15) is 4.79 Å². The maximum absolute atomic E-state index is 11.9. The number of ether oxygens (including phenoxy) is 1. The van der Waals surface area contributed by atoms with Crippen LogP contribution >= 0.6 is 0 Å². The van der Waals surface area contributed by atoms with E-state index < -0.39 is 0 Å². The van der Waals surface area contributed by atoms with Crippen LogP contribution < -0.4 is 0 Å². The first-order valence-corrected chi connectivity index (χ1v) is 5.88. The molecule has 0 saturated carbocycles. The van der Waals surface area contributed by atoms with Crippen LogP contribution in [0.3, 0.4) is 0 Å². The number of carbonyl (C=O) groups is 1. The fourth-order valence-electron chi connectivity index (χ4n) is 2.08. The number of benzene rings is 2. The van der Waals surface area contributed by atoms with Crippen LogP contribution in [0.1, 0.15) is 17.0 Å². The van der Waals surface area contributed by atoms with Crippen molar-refractivity contribution in [2.24, 2.45) is 0 Å². The topological polar surface area (TPSA) is 26.3 Å². The smallest absolute Gasteiger partial charge is 0.322 e. The Morgan fingerprint density at radius 1 is 0.833 bits per heavy atom. The summed E-state index contributed by atoms with van der Waals surface area (Å²) in [4.78, 5) is 11.9. The van der Waals surface area contributed by atoms with Crippen molar-refractivity contribution >= 4 is 11.7 Å². The van der Waals surface area contributed by atoms with Gasteiger partial charge in [0.1, 0.15) is 11.7 Å². The number of hydrogen-bond acceptors (Lipinski definition) is 2. The lowest BCUT2D eigenvalue weighted by Crippen LogP contribution is -2.06. The lowest BCUT2D eigenvalue weighted by molar-refractivity contribution is -0.135. The van der Waals surface area contributed by atoms with E-state index in [1.54, 1.807) is 0 Å². The molecule has 1 unspecified atom stereocenters. The quantitative estimate of drug-likeness (QED) is 0.747. The predicted octanol–water partition coefficient (Wildman–Crippen LogP) is 3.37. The van der Waals surface area contributed by atoms with Crippen LogP contribution in [0, 0.1) is 0 Å². The van der Waals surface area contributed by atoms with Crippen LogP contribution in [0.15, 0.2) is 66.7 Å². The van der Waals surface area contributed by atoms with Crippen molar-refractivity contribution in [1.82, 2.24) is 0 Å². The molecule has 1 atom stereocenters. The average molecular weight is 236 g/mol. The van der Waals surface area contributed by atoms with E-state index in [0.29, 0.717) is 5.76 Å². The Morgan fingerprint density at radius 3 is 2.11 bits per heavy atom. The lowest BCUT2D eigenvalue weighted by atomic mass is 9.99. The molecule has 88 valence electrons. The SMILES string of the molecule is O=C1OC(c2ccccc2)=CC1c1ccccc1. The summed E-state index contributed by atoms with van der Waals surface area (Å²) in [6.07, 6.45) is 1.88. The molecule has 1 aliphatic rings. The van der Waals surface area contributed by atoms with Crippen molar-refractivity contribution < 1.29 is 9.53 Å². The fourth-order valence-corrected chi connectivity index (χ4v) is 2.08. The third-order valence-electron chi connectivity index (χ3n) is 3.00. The molecular weight excluding hydrogens is 224 g/mol. The molecule has 18 heavy (non-hydrogen) atoms. The highest BCUT2D eigenvalue weighted by atomic mass is 16.5. The standard InChI is InChI=1S/C16H12O2/c17-16-14(12-7-3-1-4-8-12)11-15(18-16)13-9-5-2-6-10-13/h1-11,14H. The molecule has 2 aromatic rings. The summed E-state index contributed by atoms with van der Waals surface area (Å²) in [6, 6.07) is 19.3. The first-order chi connectivity index (χ1) is 8.84. The number of rotatable bonds is 2. The van der Waals surface area contributed by atoms with E-state index in [-0.39, 0.29) is 11.9 Å². The molecule has 0 fully saturated rings. The van der Waals surface area contributed by atoms with Gasteiger partial charge in [0.25, 0.3) is 0 Å². The van der Waals surface area contributed by atoms with Gasteiger partial charge in [0.2, 0.25) is 0 Å². The molecule has 0 amide bonds. The van der Waals surface area contributed by atoms with Gasteiger partial charge in [0.15, 0.2) is 0 Å². The van der Waals surface area contributed by atoms with Crippen molar-refractivity contribution in [3.8, 4) is 0 Å². The monoisotopic (exact) mass is 236 g/mol. The lowest BCUT2D eigenvalue weighted by Gasteiger charge is -2.03. The maximum Gasteiger partial charge on any atom is 0.322 e. The van der Waals surface area contributed by atoms with Gasteiger partial charge in [-0.05, 0) is 11.6 Å². The van der Waals surface area contributed by atoms with E-state index in [0.717, 1.165) is 11.1 Å². The van der Waals surface area contributed by atoms with Gasteiger partial charge in [-0.25, -0.2) is 0 Å². The third-order valence-corrected chi connectivity index (χ3v) is 3.00. The summed E-state index contributed by atoms with van der Waals surface area (Å²) >= 11 is 0. The molecule has 2 nitrogen and oxygen atoms in total. The minimum absolute atomic E-state index is 0.208. The van der Waals surface area contributed by atoms with E-state index >= 15 is 0 Å². The zero-order chi connectivity index (χ0) is 12.4. The average Bonchev–Trinajstić information content (AvgIpc) is 2.83. The minimum Gasteiger partial charge on any atom is -0.426 e. The van der Waals surface area contributed by atoms with Gasteiger partial charge in [-0.3, -0.25) is 4.79 Å². The fraction of sp³-hybridized carbons (Fsp3) is 0.0625. The summed E-state index contributed by atoms with van der Waals surface area (Å²) in [7, 11) is 0. The molecule has 2 heteroatoms. The third kappa shape index (κ3) is 1.93. The number of cyclic esters (lactones) is 1. The Morgan fingerprint density at radius 2 is 1.44 bits per heavy atom. The Labute approximate surface area is 106 Å². The van der Waals surface area contributed by atoms with Gasteiger partial charge in [-0.15, -0.1) is 0 Å². The van der Waals surface area contributed by atoms with Gasteiger partial charge >= 0.3 is 5.97 Å². The first kappa shape index (κ1) is 10.8. The highest BCUT2D eigenvalue weighted by Crippen LogP contribution is 2.32. The van der Waals surface area contributed by atoms with Crippen LogP contribution in [0.4, 0.5) is 0 Å². The second-order valence-corrected chi connectivity index (χ2v) is 4.21. The van der Waals surface area contributed by atoms with Crippen molar-refractivity contribution in [2.45, 2.75) is 5.92 Å². The van der Waals surface area contributed by atoms with Crippen LogP contribution in [0.5, 0.6) is 0 Å². The second kappa shape index (κ2) is 4.49. The summed E-state index contributed by atoms with van der Waals surface area (Å²) in [6.45, 7) is 0. The van der Waals surface area contributed by atoms with Crippen LogP contribution in [-0.4, -0.2) is 5.97 Å². The van der Waals surface area contributed by atoms with Gasteiger partial charge in [-0.2, -0.15) is 0 Å². The largest absolute Gasteiger partial charge is 0.426 e. The van der Waals surface area contributed by atoms with Crippen LogP contribution in [0.25, 0.3) is 5.76 Å². The van der Waals surface area contributed by atoms with E-state index in [1.807, 2.05) is 66.7 Å². The Bertz CT molecular complexity index is 585. The van der Waals surface area contributed by atoms with Crippen molar-refractivity contribution in [3.63, 3.8) is 0 Å². The first-order valence-electron chi connectivity index (χ1n) is 5.88. The zero-order valence-electron chi connectivity index (χ0n) is 9.74. The van der Waals surface area contributed by atoms with Gasteiger partial charge in [-0.1, -0.05) is 60.7 Å². The second-order valence-electron chi connectivity index (χ2n) is 4.21. The van der Waals surface area contributed by atoms with E-state index in [2.05, 4.69) is 0 Å². The van der Waals surface area contributed by atoms with Crippen LogP contribution in [0.2, 0.25) is 0 Å². The summed E-state index contributed by atoms with van der Waals surface area (Å²) in [5.41, 5.74) is 1.90. The molecule has 0 saturated heterocycles. The van der Waals surface area contributed by atoms with Crippen molar-refractivity contribution in [3.05, 3.63) is 77.9 Å². The molecule has 0 N–H and O–H groups in total. The molecular formula is C16H12O2. The number of carbonyl (C=O) groups excluding carboxylic acids is 1. The van der Waals surface area contributed by atoms with E-state index in [1.165, 1.54) is 0 Å². The molecule has 1 aliphatic heterocycles. The Hall–Kier alpha value is -2.35. The Balaban J connectivity index is 1.95. The zero-order valence-corrected chi connectivity index (χ0v) is 9.74. The Kier molecular flexibility index (Phi) is 2.69. The summed E-state index contributed by atoms with van der Waals surface area (Å²) in [5.74, 6) is 0.149. The molecule has 0 spiro atoms. The molecule has 2 aromatic carbocycles. The highest BCUT2D eigenvalue weighted by Gasteiger charge is 2.28. The van der Waals surface area contributed by atoms with Crippen LogP contribution in [-0.2, 0) is 9.53 Å². The summed E-state index contributed by atoms with van der Waals surface area (Å²) < 4.78 is 5.34. The van der Waals surface area contributed by atoms with Gasteiger partial charge in [0, 0.05) is 5.56 Å². The molecule has 0 bridgehead atoms. The molecule has 1 heterocycles. The summed E-state index contributed by atoms with van der Waals surface area (Å²) in [5, 5.41) is 0. The molecule has 0 aromatic heterocycles.